The van der Waals surface area contributed by atoms with E-state index in [1.54, 1.807) is 18.2 Å². The highest BCUT2D eigenvalue weighted by Gasteiger charge is 2.15. The van der Waals surface area contributed by atoms with Gasteiger partial charge < -0.3 is 10.0 Å². The number of anilines is 1. The van der Waals surface area contributed by atoms with Gasteiger partial charge in [0.15, 0.2) is 0 Å². The fourth-order valence-corrected chi connectivity index (χ4v) is 3.21. The number of amides is 1. The number of carbonyl (C=O) groups is 2. The van der Waals surface area contributed by atoms with E-state index in [4.69, 9.17) is 0 Å². The molecule has 0 atom stereocenters. The highest BCUT2D eigenvalue weighted by atomic mass is 16.4. The summed E-state index contributed by atoms with van der Waals surface area (Å²) >= 11 is 0. The van der Waals surface area contributed by atoms with Crippen LogP contribution in [0.2, 0.25) is 0 Å². The third kappa shape index (κ3) is 5.32. The number of hydrogen-bond acceptors (Lipinski definition) is 2. The molecule has 4 heteroatoms. The Kier molecular flexibility index (Phi) is 6.80. The maximum absolute atomic E-state index is 12.8. The number of unbranched alkanes of at least 4 members (excludes halogenated alkanes) is 1. The van der Waals surface area contributed by atoms with Crippen molar-refractivity contribution >= 4 is 17.6 Å². The van der Waals surface area contributed by atoms with Gasteiger partial charge in [-0.25, -0.2) is 4.79 Å². The lowest BCUT2D eigenvalue weighted by molar-refractivity contribution is -0.118. The van der Waals surface area contributed by atoms with Crippen molar-refractivity contribution in [1.29, 1.82) is 0 Å². The van der Waals surface area contributed by atoms with E-state index in [0.29, 0.717) is 13.0 Å². The molecule has 0 aliphatic heterocycles. The normalized spacial score (nSPS) is 10.5. The summed E-state index contributed by atoms with van der Waals surface area (Å²) in [6.07, 6.45) is 2.39. The standard InChI is InChI=1S/C25H25NO3/c1-2-3-12-24(27)26(23-10-5-4-6-11-23)18-19-13-15-20(16-14-19)21-8-7-9-22(17-21)25(28)29/h4-11,13-17H,2-3,12,18H2,1H3,(H,28,29). The molecule has 0 aliphatic rings. The molecule has 0 radical (unpaired) electrons. The fourth-order valence-electron chi connectivity index (χ4n) is 3.21. The number of carboxylic acids is 1. The number of hydrogen-bond donors (Lipinski definition) is 1. The van der Waals surface area contributed by atoms with E-state index in [-0.39, 0.29) is 11.5 Å². The molecule has 3 aromatic rings. The van der Waals surface area contributed by atoms with Gasteiger partial charge >= 0.3 is 5.97 Å². The first-order valence-electron chi connectivity index (χ1n) is 9.86. The van der Waals surface area contributed by atoms with E-state index in [1.165, 1.54) is 0 Å². The first kappa shape index (κ1) is 20.3. The molecule has 0 unspecified atom stereocenters. The minimum atomic E-state index is -0.937. The Morgan fingerprint density at radius 1 is 0.862 bits per heavy atom. The van der Waals surface area contributed by atoms with Gasteiger partial charge in [-0.15, -0.1) is 0 Å². The molecule has 0 heterocycles. The van der Waals surface area contributed by atoms with Gasteiger partial charge in [-0.05, 0) is 47.4 Å². The van der Waals surface area contributed by atoms with Gasteiger partial charge in [0.25, 0.3) is 0 Å². The molecule has 0 aliphatic carbocycles. The Hall–Kier alpha value is -3.40. The number of rotatable bonds is 8. The van der Waals surface area contributed by atoms with Crippen molar-refractivity contribution in [2.75, 3.05) is 4.90 Å². The quantitative estimate of drug-likeness (QED) is 0.533. The molecule has 3 rings (SSSR count). The van der Waals surface area contributed by atoms with E-state index in [1.807, 2.05) is 65.6 Å². The zero-order chi connectivity index (χ0) is 20.6. The Labute approximate surface area is 171 Å². The predicted molar refractivity (Wildman–Crippen MR) is 116 cm³/mol. The molecule has 0 saturated heterocycles. The van der Waals surface area contributed by atoms with Gasteiger partial charge in [-0.3, -0.25) is 4.79 Å². The summed E-state index contributed by atoms with van der Waals surface area (Å²) in [6.45, 7) is 2.58. The maximum atomic E-state index is 12.8. The van der Waals surface area contributed by atoms with E-state index < -0.39 is 5.97 Å². The smallest absolute Gasteiger partial charge is 0.335 e. The molecule has 1 N–H and O–H groups in total. The molecule has 0 saturated carbocycles. The lowest BCUT2D eigenvalue weighted by atomic mass is 10.0. The summed E-state index contributed by atoms with van der Waals surface area (Å²) in [6, 6.07) is 24.5. The number of benzene rings is 3. The molecule has 4 nitrogen and oxygen atoms in total. The summed E-state index contributed by atoms with van der Waals surface area (Å²) in [4.78, 5) is 25.8. The van der Waals surface area contributed by atoms with Crippen LogP contribution in [0, 0.1) is 0 Å². The van der Waals surface area contributed by atoms with Gasteiger partial charge in [0.05, 0.1) is 12.1 Å². The molecular formula is C25H25NO3. The van der Waals surface area contributed by atoms with Crippen molar-refractivity contribution in [3.05, 3.63) is 90.0 Å². The lowest BCUT2D eigenvalue weighted by Crippen LogP contribution is -2.30. The molecule has 3 aromatic carbocycles. The molecule has 0 aromatic heterocycles. The highest BCUT2D eigenvalue weighted by molar-refractivity contribution is 5.93. The molecule has 0 bridgehead atoms. The molecule has 0 spiro atoms. The van der Waals surface area contributed by atoms with Crippen LogP contribution >= 0.6 is 0 Å². The third-order valence-electron chi connectivity index (χ3n) is 4.85. The lowest BCUT2D eigenvalue weighted by Gasteiger charge is -2.23. The van der Waals surface area contributed by atoms with Crippen LogP contribution in [0.3, 0.4) is 0 Å². The molecule has 148 valence electrons. The third-order valence-corrected chi connectivity index (χ3v) is 4.85. The second kappa shape index (κ2) is 9.69. The van der Waals surface area contributed by atoms with Gasteiger partial charge in [-0.2, -0.15) is 0 Å². The number of nitrogens with zero attached hydrogens (tertiary/aromatic N) is 1. The van der Waals surface area contributed by atoms with Crippen molar-refractivity contribution in [2.24, 2.45) is 0 Å². The molecule has 0 fully saturated rings. The van der Waals surface area contributed by atoms with Crippen LogP contribution in [0.4, 0.5) is 5.69 Å². The van der Waals surface area contributed by atoms with Crippen LogP contribution in [0.5, 0.6) is 0 Å². The van der Waals surface area contributed by atoms with E-state index in [2.05, 4.69) is 6.92 Å². The summed E-state index contributed by atoms with van der Waals surface area (Å²) in [5, 5.41) is 9.18. The number of para-hydroxylation sites is 1. The average molecular weight is 387 g/mol. The fraction of sp³-hybridized carbons (Fsp3) is 0.200. The van der Waals surface area contributed by atoms with Crippen LogP contribution in [-0.4, -0.2) is 17.0 Å². The highest BCUT2D eigenvalue weighted by Crippen LogP contribution is 2.23. The minimum Gasteiger partial charge on any atom is -0.478 e. The van der Waals surface area contributed by atoms with Crippen molar-refractivity contribution < 1.29 is 14.7 Å². The Balaban J connectivity index is 1.81. The van der Waals surface area contributed by atoms with Gasteiger partial charge in [-0.1, -0.05) is 67.9 Å². The van der Waals surface area contributed by atoms with Crippen LogP contribution < -0.4 is 4.90 Å². The Morgan fingerprint density at radius 3 is 2.24 bits per heavy atom. The minimum absolute atomic E-state index is 0.122. The molecule has 1 amide bonds. The van der Waals surface area contributed by atoms with E-state index in [0.717, 1.165) is 35.2 Å². The second-order valence-corrected chi connectivity index (χ2v) is 7.00. The van der Waals surface area contributed by atoms with Crippen molar-refractivity contribution in [3.8, 4) is 11.1 Å². The Bertz CT molecular complexity index is 965. The molecular weight excluding hydrogens is 362 g/mol. The summed E-state index contributed by atoms with van der Waals surface area (Å²) in [7, 11) is 0. The predicted octanol–water partition coefficient (Wildman–Crippen LogP) is 5.78. The number of aromatic carboxylic acids is 1. The topological polar surface area (TPSA) is 57.6 Å². The van der Waals surface area contributed by atoms with E-state index >= 15 is 0 Å². The monoisotopic (exact) mass is 387 g/mol. The molecule has 29 heavy (non-hydrogen) atoms. The Morgan fingerprint density at radius 2 is 1.59 bits per heavy atom. The maximum Gasteiger partial charge on any atom is 0.335 e. The first-order valence-corrected chi connectivity index (χ1v) is 9.86. The number of carbonyl (C=O) groups excluding carboxylic acids is 1. The van der Waals surface area contributed by atoms with Crippen molar-refractivity contribution in [2.45, 2.75) is 32.7 Å². The van der Waals surface area contributed by atoms with Crippen LogP contribution in [0.15, 0.2) is 78.9 Å². The zero-order valence-electron chi connectivity index (χ0n) is 16.5. The van der Waals surface area contributed by atoms with Gasteiger partial charge in [0.2, 0.25) is 5.91 Å². The summed E-state index contributed by atoms with van der Waals surface area (Å²) < 4.78 is 0. The van der Waals surface area contributed by atoms with E-state index in [9.17, 15) is 14.7 Å². The average Bonchev–Trinajstić information content (AvgIpc) is 2.77. The SMILES string of the molecule is CCCCC(=O)N(Cc1ccc(-c2cccc(C(=O)O)c2)cc1)c1ccccc1. The van der Waals surface area contributed by atoms with Crippen LogP contribution in [0.1, 0.15) is 42.1 Å². The van der Waals surface area contributed by atoms with Gasteiger partial charge in [0.1, 0.15) is 0 Å². The first-order chi connectivity index (χ1) is 14.1. The van der Waals surface area contributed by atoms with Crippen LogP contribution in [0.25, 0.3) is 11.1 Å². The second-order valence-electron chi connectivity index (χ2n) is 7.00. The van der Waals surface area contributed by atoms with Gasteiger partial charge in [0, 0.05) is 12.1 Å². The largest absolute Gasteiger partial charge is 0.478 e. The summed E-state index contributed by atoms with van der Waals surface area (Å²) in [5.41, 5.74) is 3.99. The van der Waals surface area contributed by atoms with Crippen molar-refractivity contribution in [1.82, 2.24) is 0 Å². The zero-order valence-corrected chi connectivity index (χ0v) is 16.5. The summed E-state index contributed by atoms with van der Waals surface area (Å²) in [5.74, 6) is -0.816. The number of carboxylic acid groups (broad SMARTS) is 1. The van der Waals surface area contributed by atoms with Crippen LogP contribution in [-0.2, 0) is 11.3 Å². The van der Waals surface area contributed by atoms with Crippen molar-refractivity contribution in [3.63, 3.8) is 0 Å².